The van der Waals surface area contributed by atoms with Crippen molar-refractivity contribution in [1.82, 2.24) is 5.32 Å². The quantitative estimate of drug-likeness (QED) is 0.757. The van der Waals surface area contributed by atoms with E-state index in [-0.39, 0.29) is 10.9 Å². The Kier molecular flexibility index (Phi) is 7.64. The predicted molar refractivity (Wildman–Crippen MR) is 64.9 cm³/mol. The van der Waals surface area contributed by atoms with Crippen LogP contribution in [0.5, 0.6) is 0 Å². The fraction of sp³-hybridized carbons (Fsp3) is 1.00. The van der Waals surface area contributed by atoms with Gasteiger partial charge in [0.1, 0.15) is 0 Å². The predicted octanol–water partition coefficient (Wildman–Crippen LogP) is 4.12. The summed E-state index contributed by atoms with van der Waals surface area (Å²) in [5.74, 6) is 0.523. The molecular weight excluding hydrogens is 283 g/mol. The van der Waals surface area contributed by atoms with Crippen LogP contribution < -0.4 is 5.32 Å². The summed E-state index contributed by atoms with van der Waals surface area (Å²) in [7, 11) is 0. The standard InChI is InChI=1S/C9H15BrF3N.C2H6/c1-6-2-3-7(10)8(4-6)14-5-9(11,12)13;1-2/h6-8,14H,2-5H2,1H3;1-2H3. The zero-order chi connectivity index (χ0) is 12.8. The summed E-state index contributed by atoms with van der Waals surface area (Å²) in [6.45, 7) is 5.20. The van der Waals surface area contributed by atoms with Gasteiger partial charge in [0.25, 0.3) is 0 Å². The van der Waals surface area contributed by atoms with Crippen molar-refractivity contribution in [3.63, 3.8) is 0 Å². The van der Waals surface area contributed by atoms with Crippen LogP contribution in [0.2, 0.25) is 0 Å². The van der Waals surface area contributed by atoms with Gasteiger partial charge in [-0.1, -0.05) is 36.7 Å². The van der Waals surface area contributed by atoms with Crippen LogP contribution in [0.4, 0.5) is 13.2 Å². The van der Waals surface area contributed by atoms with Gasteiger partial charge in [0.05, 0.1) is 6.54 Å². The highest BCUT2D eigenvalue weighted by Crippen LogP contribution is 2.29. The topological polar surface area (TPSA) is 12.0 Å². The molecule has 3 unspecified atom stereocenters. The summed E-state index contributed by atoms with van der Waals surface area (Å²) >= 11 is 3.42. The smallest absolute Gasteiger partial charge is 0.305 e. The van der Waals surface area contributed by atoms with Gasteiger partial charge in [0.2, 0.25) is 0 Å². The second-order valence-electron chi connectivity index (χ2n) is 4.04. The largest absolute Gasteiger partial charge is 0.401 e. The van der Waals surface area contributed by atoms with Gasteiger partial charge < -0.3 is 5.32 Å². The minimum absolute atomic E-state index is 0.0413. The van der Waals surface area contributed by atoms with Crippen molar-refractivity contribution in [3.8, 4) is 0 Å². The van der Waals surface area contributed by atoms with Gasteiger partial charge in [-0.25, -0.2) is 0 Å². The SMILES string of the molecule is CC.CC1CCC(Br)C(NCC(F)(F)F)C1. The van der Waals surface area contributed by atoms with Crippen molar-refractivity contribution >= 4 is 15.9 Å². The molecule has 0 bridgehead atoms. The summed E-state index contributed by atoms with van der Waals surface area (Å²) < 4.78 is 35.9. The second kappa shape index (κ2) is 7.54. The maximum atomic E-state index is 12.0. The molecule has 0 aromatic heterocycles. The zero-order valence-corrected chi connectivity index (χ0v) is 11.7. The maximum Gasteiger partial charge on any atom is 0.401 e. The normalized spacial score (nSPS) is 30.6. The third kappa shape index (κ3) is 6.74. The highest BCUT2D eigenvalue weighted by atomic mass is 79.9. The van der Waals surface area contributed by atoms with Crippen molar-refractivity contribution in [2.75, 3.05) is 6.54 Å². The Hall–Kier alpha value is 0.230. The number of halogens is 4. The molecule has 1 saturated carbocycles. The minimum Gasteiger partial charge on any atom is -0.305 e. The third-order valence-corrected chi connectivity index (χ3v) is 3.69. The number of hydrogen-bond acceptors (Lipinski definition) is 1. The van der Waals surface area contributed by atoms with E-state index < -0.39 is 12.7 Å². The molecule has 3 atom stereocenters. The Bertz CT molecular complexity index is 185. The Morgan fingerprint density at radius 1 is 1.25 bits per heavy atom. The number of rotatable bonds is 2. The van der Waals surface area contributed by atoms with Crippen LogP contribution in [-0.2, 0) is 0 Å². The lowest BCUT2D eigenvalue weighted by molar-refractivity contribution is -0.126. The van der Waals surface area contributed by atoms with Gasteiger partial charge in [0, 0.05) is 10.9 Å². The van der Waals surface area contributed by atoms with E-state index in [1.54, 1.807) is 0 Å². The van der Waals surface area contributed by atoms with E-state index >= 15 is 0 Å². The monoisotopic (exact) mass is 303 g/mol. The van der Waals surface area contributed by atoms with E-state index in [2.05, 4.69) is 28.2 Å². The van der Waals surface area contributed by atoms with Crippen molar-refractivity contribution in [2.24, 2.45) is 5.92 Å². The maximum absolute atomic E-state index is 12.0. The molecule has 0 heterocycles. The fourth-order valence-corrected chi connectivity index (χ4v) is 2.47. The molecular formula is C11H21BrF3N. The van der Waals surface area contributed by atoms with E-state index in [1.807, 2.05) is 13.8 Å². The first-order valence-corrected chi connectivity index (χ1v) is 6.74. The number of hydrogen-bond donors (Lipinski definition) is 1. The first-order valence-electron chi connectivity index (χ1n) is 5.82. The lowest BCUT2D eigenvalue weighted by Gasteiger charge is -2.32. The molecule has 1 fully saturated rings. The lowest BCUT2D eigenvalue weighted by Crippen LogP contribution is -2.45. The zero-order valence-electron chi connectivity index (χ0n) is 10.1. The average molecular weight is 304 g/mol. The van der Waals surface area contributed by atoms with Crippen molar-refractivity contribution in [1.29, 1.82) is 0 Å². The molecule has 0 aliphatic heterocycles. The molecule has 0 spiro atoms. The molecule has 0 saturated heterocycles. The third-order valence-electron chi connectivity index (χ3n) is 2.59. The molecule has 1 nitrogen and oxygen atoms in total. The van der Waals surface area contributed by atoms with E-state index in [0.29, 0.717) is 5.92 Å². The van der Waals surface area contributed by atoms with Gasteiger partial charge in [-0.15, -0.1) is 0 Å². The highest BCUT2D eigenvalue weighted by molar-refractivity contribution is 9.09. The molecule has 98 valence electrons. The molecule has 5 heteroatoms. The van der Waals surface area contributed by atoms with Crippen LogP contribution in [0.25, 0.3) is 0 Å². The summed E-state index contributed by atoms with van der Waals surface area (Å²) in [6.07, 6.45) is -1.23. The van der Waals surface area contributed by atoms with E-state index in [0.717, 1.165) is 19.3 Å². The van der Waals surface area contributed by atoms with Crippen molar-refractivity contribution in [3.05, 3.63) is 0 Å². The van der Waals surface area contributed by atoms with E-state index in [4.69, 9.17) is 0 Å². The Morgan fingerprint density at radius 2 is 1.81 bits per heavy atom. The summed E-state index contributed by atoms with van der Waals surface area (Å²) in [5, 5.41) is 2.57. The summed E-state index contributed by atoms with van der Waals surface area (Å²) in [5.41, 5.74) is 0. The highest BCUT2D eigenvalue weighted by Gasteiger charge is 2.32. The minimum atomic E-state index is -4.10. The molecule has 1 N–H and O–H groups in total. The van der Waals surface area contributed by atoms with Crippen LogP contribution in [0, 0.1) is 5.92 Å². The molecule has 0 amide bonds. The Balaban J connectivity index is 0.00000106. The van der Waals surface area contributed by atoms with Gasteiger partial charge >= 0.3 is 6.18 Å². The molecule has 16 heavy (non-hydrogen) atoms. The van der Waals surface area contributed by atoms with E-state index in [1.165, 1.54) is 0 Å². The van der Waals surface area contributed by atoms with Gasteiger partial charge in [-0.2, -0.15) is 13.2 Å². The molecule has 0 aromatic carbocycles. The van der Waals surface area contributed by atoms with Gasteiger partial charge in [-0.05, 0) is 25.2 Å². The Labute approximate surface area is 104 Å². The number of alkyl halides is 4. The lowest BCUT2D eigenvalue weighted by atomic mass is 9.87. The first kappa shape index (κ1) is 16.2. The molecule has 0 radical (unpaired) electrons. The fourth-order valence-electron chi connectivity index (χ4n) is 1.80. The van der Waals surface area contributed by atoms with Crippen LogP contribution in [0.3, 0.4) is 0 Å². The van der Waals surface area contributed by atoms with Gasteiger partial charge in [0.15, 0.2) is 0 Å². The van der Waals surface area contributed by atoms with Crippen molar-refractivity contribution in [2.45, 2.75) is 57.1 Å². The summed E-state index contributed by atoms with van der Waals surface area (Å²) in [6, 6.07) is -0.0413. The van der Waals surface area contributed by atoms with E-state index in [9.17, 15) is 13.2 Å². The van der Waals surface area contributed by atoms with Gasteiger partial charge in [-0.3, -0.25) is 0 Å². The number of nitrogens with one attached hydrogen (secondary N) is 1. The van der Waals surface area contributed by atoms with Crippen LogP contribution in [-0.4, -0.2) is 23.6 Å². The van der Waals surface area contributed by atoms with Crippen LogP contribution in [0.1, 0.15) is 40.0 Å². The molecule has 1 rings (SSSR count). The summed E-state index contributed by atoms with van der Waals surface area (Å²) in [4.78, 5) is 0.182. The molecule has 0 aromatic rings. The Morgan fingerprint density at radius 3 is 2.31 bits per heavy atom. The molecule has 1 aliphatic rings. The van der Waals surface area contributed by atoms with Crippen LogP contribution >= 0.6 is 15.9 Å². The average Bonchev–Trinajstić information content (AvgIpc) is 2.21. The second-order valence-corrected chi connectivity index (χ2v) is 5.21. The van der Waals surface area contributed by atoms with Crippen LogP contribution in [0.15, 0.2) is 0 Å². The molecule has 1 aliphatic carbocycles. The van der Waals surface area contributed by atoms with Crippen molar-refractivity contribution < 1.29 is 13.2 Å². The first-order chi connectivity index (χ1) is 7.38.